The Hall–Kier alpha value is -0.380. The van der Waals surface area contributed by atoms with Crippen LogP contribution in [0.25, 0.3) is 0 Å². The van der Waals surface area contributed by atoms with Crippen molar-refractivity contribution in [3.05, 3.63) is 22.4 Å². The fourth-order valence-electron chi connectivity index (χ4n) is 2.21. The summed E-state index contributed by atoms with van der Waals surface area (Å²) in [5.74, 6) is 0.998. The minimum absolute atomic E-state index is 0.685. The predicted octanol–water partition coefficient (Wildman–Crippen LogP) is 3.00. The molecule has 2 rings (SSSR count). The standard InChI is InChI=1S/C15H26N2S/c1-13(2)17(11-14-3-4-14)9-8-16-7-5-15-6-10-18-12-15/h6,10,12-14,16H,3-5,7-9,11H2,1-2H3. The Balaban J connectivity index is 1.55. The molecule has 1 saturated carbocycles. The first-order valence-corrected chi connectivity index (χ1v) is 8.16. The minimum atomic E-state index is 0.685. The van der Waals surface area contributed by atoms with E-state index in [-0.39, 0.29) is 0 Å². The fraction of sp³-hybridized carbons (Fsp3) is 0.733. The van der Waals surface area contributed by atoms with Crippen LogP contribution in [0.15, 0.2) is 16.8 Å². The molecule has 0 radical (unpaired) electrons. The molecule has 0 aliphatic heterocycles. The topological polar surface area (TPSA) is 15.3 Å². The molecule has 0 unspecified atom stereocenters. The maximum atomic E-state index is 3.57. The van der Waals surface area contributed by atoms with Gasteiger partial charge in [0.15, 0.2) is 0 Å². The summed E-state index contributed by atoms with van der Waals surface area (Å²) >= 11 is 1.79. The summed E-state index contributed by atoms with van der Waals surface area (Å²) in [6.07, 6.45) is 4.07. The van der Waals surface area contributed by atoms with Gasteiger partial charge in [-0.3, -0.25) is 4.90 Å². The summed E-state index contributed by atoms with van der Waals surface area (Å²) in [5, 5.41) is 7.97. The molecule has 1 aromatic rings. The van der Waals surface area contributed by atoms with Gasteiger partial charge in [0.2, 0.25) is 0 Å². The van der Waals surface area contributed by atoms with Gasteiger partial charge in [0, 0.05) is 25.7 Å². The average molecular weight is 266 g/mol. The molecule has 0 atom stereocenters. The summed E-state index contributed by atoms with van der Waals surface area (Å²) in [6, 6.07) is 2.91. The van der Waals surface area contributed by atoms with E-state index in [0.717, 1.165) is 25.4 Å². The Morgan fingerprint density at radius 1 is 1.39 bits per heavy atom. The lowest BCUT2D eigenvalue weighted by molar-refractivity contribution is 0.213. The minimum Gasteiger partial charge on any atom is -0.315 e. The lowest BCUT2D eigenvalue weighted by Crippen LogP contribution is -2.38. The fourth-order valence-corrected chi connectivity index (χ4v) is 2.91. The number of thiophene rings is 1. The third kappa shape index (κ3) is 5.09. The third-order valence-corrected chi connectivity index (χ3v) is 4.40. The summed E-state index contributed by atoms with van der Waals surface area (Å²) in [4.78, 5) is 2.62. The van der Waals surface area contributed by atoms with Crippen LogP contribution in [0, 0.1) is 5.92 Å². The Morgan fingerprint density at radius 2 is 2.22 bits per heavy atom. The van der Waals surface area contributed by atoms with Gasteiger partial charge >= 0.3 is 0 Å². The second-order valence-corrected chi connectivity index (χ2v) is 6.44. The van der Waals surface area contributed by atoms with Crippen LogP contribution in [0.3, 0.4) is 0 Å². The van der Waals surface area contributed by atoms with Crippen LogP contribution in [0.4, 0.5) is 0 Å². The van der Waals surface area contributed by atoms with Crippen LogP contribution in [-0.4, -0.2) is 37.1 Å². The first-order chi connectivity index (χ1) is 8.75. The second kappa shape index (κ2) is 7.27. The van der Waals surface area contributed by atoms with Crippen LogP contribution in [0.5, 0.6) is 0 Å². The normalized spacial score (nSPS) is 15.8. The van der Waals surface area contributed by atoms with Crippen molar-refractivity contribution in [3.63, 3.8) is 0 Å². The largest absolute Gasteiger partial charge is 0.315 e. The lowest BCUT2D eigenvalue weighted by atomic mass is 10.2. The summed E-state index contributed by atoms with van der Waals surface area (Å²) in [5.41, 5.74) is 1.46. The van der Waals surface area contributed by atoms with Gasteiger partial charge in [-0.2, -0.15) is 11.3 Å². The monoisotopic (exact) mass is 266 g/mol. The molecule has 18 heavy (non-hydrogen) atoms. The van der Waals surface area contributed by atoms with Crippen molar-refractivity contribution < 1.29 is 0 Å². The van der Waals surface area contributed by atoms with E-state index in [2.05, 4.69) is 40.9 Å². The number of hydrogen-bond donors (Lipinski definition) is 1. The lowest BCUT2D eigenvalue weighted by Gasteiger charge is -2.26. The van der Waals surface area contributed by atoms with E-state index in [4.69, 9.17) is 0 Å². The van der Waals surface area contributed by atoms with Gasteiger partial charge < -0.3 is 5.32 Å². The zero-order valence-corrected chi connectivity index (χ0v) is 12.5. The highest BCUT2D eigenvalue weighted by Gasteiger charge is 2.24. The maximum absolute atomic E-state index is 3.57. The van der Waals surface area contributed by atoms with E-state index < -0.39 is 0 Å². The molecule has 3 heteroatoms. The van der Waals surface area contributed by atoms with E-state index in [1.807, 2.05) is 0 Å². The van der Waals surface area contributed by atoms with E-state index in [1.54, 1.807) is 11.3 Å². The summed E-state index contributed by atoms with van der Waals surface area (Å²) < 4.78 is 0. The summed E-state index contributed by atoms with van der Waals surface area (Å²) in [6.45, 7) is 9.35. The average Bonchev–Trinajstić information content (AvgIpc) is 3.01. The van der Waals surface area contributed by atoms with E-state index in [9.17, 15) is 0 Å². The molecule has 1 aromatic heterocycles. The van der Waals surface area contributed by atoms with Crippen LogP contribution in [-0.2, 0) is 6.42 Å². The Bertz CT molecular complexity index is 317. The van der Waals surface area contributed by atoms with Crippen LogP contribution in [0.1, 0.15) is 32.3 Å². The molecule has 2 nitrogen and oxygen atoms in total. The van der Waals surface area contributed by atoms with Crippen LogP contribution >= 0.6 is 11.3 Å². The number of nitrogens with zero attached hydrogens (tertiary/aromatic N) is 1. The van der Waals surface area contributed by atoms with Gasteiger partial charge in [-0.1, -0.05) is 0 Å². The highest BCUT2D eigenvalue weighted by atomic mass is 32.1. The molecule has 0 bridgehead atoms. The first kappa shape index (κ1) is 14.0. The molecular formula is C15H26N2S. The molecule has 0 spiro atoms. The number of nitrogens with one attached hydrogen (secondary N) is 1. The highest BCUT2D eigenvalue weighted by Crippen LogP contribution is 2.30. The SMILES string of the molecule is CC(C)N(CCNCCc1ccsc1)CC1CC1. The van der Waals surface area contributed by atoms with Crippen molar-refractivity contribution in [1.82, 2.24) is 10.2 Å². The quantitative estimate of drug-likeness (QED) is 0.691. The van der Waals surface area contributed by atoms with E-state index in [0.29, 0.717) is 6.04 Å². The summed E-state index contributed by atoms with van der Waals surface area (Å²) in [7, 11) is 0. The van der Waals surface area contributed by atoms with Crippen LogP contribution in [0.2, 0.25) is 0 Å². The van der Waals surface area contributed by atoms with E-state index >= 15 is 0 Å². The van der Waals surface area contributed by atoms with Crippen molar-refractivity contribution in [1.29, 1.82) is 0 Å². The number of hydrogen-bond acceptors (Lipinski definition) is 3. The molecule has 0 amide bonds. The zero-order chi connectivity index (χ0) is 12.8. The molecule has 1 heterocycles. The van der Waals surface area contributed by atoms with Gasteiger partial charge in [0.05, 0.1) is 0 Å². The van der Waals surface area contributed by atoms with Crippen molar-refractivity contribution in [2.75, 3.05) is 26.2 Å². The molecule has 1 aliphatic carbocycles. The second-order valence-electron chi connectivity index (χ2n) is 5.66. The molecule has 1 fully saturated rings. The van der Waals surface area contributed by atoms with Gasteiger partial charge in [0.1, 0.15) is 0 Å². The first-order valence-electron chi connectivity index (χ1n) is 7.21. The molecule has 0 aromatic carbocycles. The van der Waals surface area contributed by atoms with Gasteiger partial charge in [-0.15, -0.1) is 0 Å². The van der Waals surface area contributed by atoms with E-state index in [1.165, 1.54) is 31.5 Å². The molecule has 1 aliphatic rings. The smallest absolute Gasteiger partial charge is 0.0110 e. The van der Waals surface area contributed by atoms with Crippen molar-refractivity contribution in [2.45, 2.75) is 39.2 Å². The van der Waals surface area contributed by atoms with Crippen LogP contribution < -0.4 is 5.32 Å². The van der Waals surface area contributed by atoms with Gasteiger partial charge in [-0.05, 0) is 68.0 Å². The maximum Gasteiger partial charge on any atom is 0.0110 e. The van der Waals surface area contributed by atoms with Gasteiger partial charge in [-0.25, -0.2) is 0 Å². The Morgan fingerprint density at radius 3 is 2.83 bits per heavy atom. The van der Waals surface area contributed by atoms with Crippen molar-refractivity contribution in [2.24, 2.45) is 5.92 Å². The molecule has 0 saturated heterocycles. The Kier molecular flexibility index (Phi) is 5.67. The number of rotatable bonds is 9. The van der Waals surface area contributed by atoms with Gasteiger partial charge in [0.25, 0.3) is 0 Å². The molecule has 1 N–H and O–H groups in total. The Labute approximate surface area is 115 Å². The molecule has 102 valence electrons. The van der Waals surface area contributed by atoms with Crippen molar-refractivity contribution >= 4 is 11.3 Å². The molecular weight excluding hydrogens is 240 g/mol. The van der Waals surface area contributed by atoms with Crippen molar-refractivity contribution in [3.8, 4) is 0 Å². The zero-order valence-electron chi connectivity index (χ0n) is 11.7. The predicted molar refractivity (Wildman–Crippen MR) is 80.3 cm³/mol. The highest BCUT2D eigenvalue weighted by molar-refractivity contribution is 7.07. The third-order valence-electron chi connectivity index (χ3n) is 3.67.